The van der Waals surface area contributed by atoms with Crippen LogP contribution in [0.15, 0.2) is 41.8 Å². The van der Waals surface area contributed by atoms with E-state index in [2.05, 4.69) is 5.32 Å². The second-order valence-corrected chi connectivity index (χ2v) is 7.29. The Bertz CT molecular complexity index is 783. The first-order valence-corrected chi connectivity index (χ1v) is 9.44. The fraction of sp³-hybridized carbons (Fsp3) is 0.350. The monoisotopic (exact) mass is 389 g/mol. The molecule has 0 aliphatic rings. The number of benzene rings is 1. The number of methoxy groups -OCH3 is 1. The van der Waals surface area contributed by atoms with Gasteiger partial charge >= 0.3 is 5.97 Å². The quantitative estimate of drug-likeness (QED) is 0.553. The summed E-state index contributed by atoms with van der Waals surface area (Å²) in [5.41, 5.74) is 0.416. The van der Waals surface area contributed by atoms with Gasteiger partial charge in [0.15, 0.2) is 6.10 Å². The van der Waals surface area contributed by atoms with Crippen molar-refractivity contribution >= 4 is 29.0 Å². The van der Waals surface area contributed by atoms with E-state index in [-0.39, 0.29) is 17.6 Å². The Hall–Kier alpha value is -2.67. The van der Waals surface area contributed by atoms with Crippen molar-refractivity contribution in [2.45, 2.75) is 32.9 Å². The van der Waals surface area contributed by atoms with Crippen molar-refractivity contribution in [3.8, 4) is 5.75 Å². The van der Waals surface area contributed by atoms with E-state index in [1.54, 1.807) is 55.6 Å². The third kappa shape index (κ3) is 5.40. The van der Waals surface area contributed by atoms with Crippen molar-refractivity contribution in [1.29, 1.82) is 0 Å². The molecule has 0 aliphatic carbocycles. The van der Waals surface area contributed by atoms with Crippen molar-refractivity contribution in [3.63, 3.8) is 0 Å². The molecule has 2 atom stereocenters. The van der Waals surface area contributed by atoms with Crippen LogP contribution < -0.4 is 10.1 Å². The molecule has 1 heterocycles. The number of nitrogens with one attached hydrogen (secondary N) is 1. The van der Waals surface area contributed by atoms with Crippen LogP contribution in [0, 0.1) is 5.92 Å². The van der Waals surface area contributed by atoms with Gasteiger partial charge in [0.05, 0.1) is 12.0 Å². The van der Waals surface area contributed by atoms with Crippen LogP contribution in [0.3, 0.4) is 0 Å². The molecule has 0 unspecified atom stereocenters. The number of hydrogen-bond acceptors (Lipinski definition) is 6. The fourth-order valence-corrected chi connectivity index (χ4v) is 3.04. The predicted octanol–water partition coefficient (Wildman–Crippen LogP) is 3.33. The van der Waals surface area contributed by atoms with Crippen molar-refractivity contribution in [1.82, 2.24) is 5.32 Å². The third-order valence-electron chi connectivity index (χ3n) is 3.99. The fourth-order valence-electron chi connectivity index (χ4n) is 2.41. The first-order valence-electron chi connectivity index (χ1n) is 8.56. The second kappa shape index (κ2) is 9.32. The van der Waals surface area contributed by atoms with Gasteiger partial charge < -0.3 is 14.8 Å². The van der Waals surface area contributed by atoms with Crippen LogP contribution in [-0.2, 0) is 9.53 Å². The smallest absolute Gasteiger partial charge is 0.329 e. The van der Waals surface area contributed by atoms with Crippen LogP contribution >= 0.6 is 11.3 Å². The number of amides is 1. The van der Waals surface area contributed by atoms with Gasteiger partial charge in [-0.1, -0.05) is 19.9 Å². The second-order valence-electron chi connectivity index (χ2n) is 6.34. The highest BCUT2D eigenvalue weighted by Crippen LogP contribution is 2.15. The average Bonchev–Trinajstić information content (AvgIpc) is 3.19. The van der Waals surface area contributed by atoms with Gasteiger partial charge in [0.2, 0.25) is 5.78 Å². The zero-order valence-corrected chi connectivity index (χ0v) is 16.5. The maximum atomic E-state index is 12.5. The van der Waals surface area contributed by atoms with E-state index in [0.717, 1.165) is 0 Å². The van der Waals surface area contributed by atoms with Gasteiger partial charge in [0.25, 0.3) is 5.91 Å². The van der Waals surface area contributed by atoms with E-state index in [1.807, 2.05) is 0 Å². The van der Waals surface area contributed by atoms with E-state index in [1.165, 1.54) is 25.4 Å². The molecule has 2 aromatic rings. The highest BCUT2D eigenvalue weighted by atomic mass is 32.1. The summed E-state index contributed by atoms with van der Waals surface area (Å²) < 4.78 is 10.4. The van der Waals surface area contributed by atoms with E-state index in [4.69, 9.17) is 9.47 Å². The lowest BCUT2D eigenvalue weighted by molar-refractivity contribution is -0.149. The maximum absolute atomic E-state index is 12.5. The van der Waals surface area contributed by atoms with Crippen LogP contribution in [0.4, 0.5) is 0 Å². The number of Topliss-reactive ketones (excluding diaryl/α,β-unsaturated/α-hetero) is 1. The number of thiophene rings is 1. The van der Waals surface area contributed by atoms with Gasteiger partial charge in [0, 0.05) is 5.56 Å². The van der Waals surface area contributed by atoms with Gasteiger partial charge in [-0.15, -0.1) is 11.3 Å². The van der Waals surface area contributed by atoms with Crippen molar-refractivity contribution in [3.05, 3.63) is 52.2 Å². The minimum Gasteiger partial charge on any atom is -0.497 e. The Morgan fingerprint density at radius 3 is 2.22 bits per heavy atom. The molecule has 1 aromatic carbocycles. The molecule has 144 valence electrons. The Balaban J connectivity index is 2.02. The molecule has 0 aliphatic heterocycles. The average molecular weight is 389 g/mol. The van der Waals surface area contributed by atoms with Crippen molar-refractivity contribution in [2.24, 2.45) is 5.92 Å². The summed E-state index contributed by atoms with van der Waals surface area (Å²) in [6.45, 7) is 5.12. The van der Waals surface area contributed by atoms with Crippen LogP contribution in [0.2, 0.25) is 0 Å². The highest BCUT2D eigenvalue weighted by Gasteiger charge is 2.29. The normalized spacial score (nSPS) is 12.9. The molecule has 0 radical (unpaired) electrons. The number of ether oxygens (including phenoxy) is 2. The Morgan fingerprint density at radius 1 is 1.04 bits per heavy atom. The first-order chi connectivity index (χ1) is 12.8. The summed E-state index contributed by atoms with van der Waals surface area (Å²) in [5, 5.41) is 4.47. The zero-order valence-electron chi connectivity index (χ0n) is 15.7. The minimum atomic E-state index is -0.967. The lowest BCUT2D eigenvalue weighted by Crippen LogP contribution is -2.46. The molecule has 0 saturated carbocycles. The Morgan fingerprint density at radius 2 is 1.70 bits per heavy atom. The van der Waals surface area contributed by atoms with Gasteiger partial charge in [-0.05, 0) is 48.6 Å². The molecular weight excluding hydrogens is 366 g/mol. The topological polar surface area (TPSA) is 81.7 Å². The molecule has 0 saturated heterocycles. The molecule has 6 nitrogen and oxygen atoms in total. The Labute approximate surface area is 162 Å². The maximum Gasteiger partial charge on any atom is 0.329 e. The van der Waals surface area contributed by atoms with E-state index < -0.39 is 18.1 Å². The number of hydrogen-bond donors (Lipinski definition) is 1. The summed E-state index contributed by atoms with van der Waals surface area (Å²) in [4.78, 5) is 37.8. The third-order valence-corrected chi connectivity index (χ3v) is 4.86. The van der Waals surface area contributed by atoms with Crippen LogP contribution in [0.5, 0.6) is 5.75 Å². The summed E-state index contributed by atoms with van der Waals surface area (Å²) in [6.07, 6.45) is -0.967. The number of esters is 1. The number of carbonyl (C=O) groups is 3. The van der Waals surface area contributed by atoms with E-state index >= 15 is 0 Å². The number of carbonyl (C=O) groups excluding carboxylic acids is 3. The first kappa shape index (κ1) is 20.6. The SMILES string of the molecule is COc1ccc(C(=O)[C@H](C)OC(=O)[C@@H](NC(=O)c2cccs2)C(C)C)cc1. The lowest BCUT2D eigenvalue weighted by atomic mass is 10.0. The minimum absolute atomic E-state index is 0.190. The standard InChI is InChI=1S/C20H23NO5S/c1-12(2)17(21-19(23)16-6-5-11-27-16)20(24)26-13(3)18(22)14-7-9-15(25-4)10-8-14/h5-13,17H,1-4H3,(H,21,23)/t13-,17-/m0/s1. The van der Waals surface area contributed by atoms with Gasteiger partial charge in [-0.25, -0.2) is 4.79 Å². The van der Waals surface area contributed by atoms with Crippen molar-refractivity contribution in [2.75, 3.05) is 7.11 Å². The molecule has 0 fully saturated rings. The van der Waals surface area contributed by atoms with Crippen LogP contribution in [0.1, 0.15) is 40.8 Å². The number of ketones is 1. The van der Waals surface area contributed by atoms with E-state index in [0.29, 0.717) is 16.2 Å². The zero-order chi connectivity index (χ0) is 20.0. The lowest BCUT2D eigenvalue weighted by Gasteiger charge is -2.22. The van der Waals surface area contributed by atoms with Gasteiger partial charge in [0.1, 0.15) is 11.8 Å². The van der Waals surface area contributed by atoms with Gasteiger partial charge in [-0.2, -0.15) is 0 Å². The Kier molecular flexibility index (Phi) is 7.12. The number of rotatable bonds is 8. The summed E-state index contributed by atoms with van der Waals surface area (Å²) in [6, 6.07) is 9.16. The van der Waals surface area contributed by atoms with E-state index in [9.17, 15) is 14.4 Å². The molecular formula is C20H23NO5S. The molecule has 0 spiro atoms. The van der Waals surface area contributed by atoms with Gasteiger partial charge in [-0.3, -0.25) is 9.59 Å². The van der Waals surface area contributed by atoms with Crippen molar-refractivity contribution < 1.29 is 23.9 Å². The summed E-state index contributed by atoms with van der Waals surface area (Å²) in [7, 11) is 1.54. The van der Waals surface area contributed by atoms with Crippen LogP contribution in [0.25, 0.3) is 0 Å². The molecule has 2 rings (SSSR count). The highest BCUT2D eigenvalue weighted by molar-refractivity contribution is 7.12. The molecule has 27 heavy (non-hydrogen) atoms. The molecule has 0 bridgehead atoms. The predicted molar refractivity (Wildman–Crippen MR) is 103 cm³/mol. The molecule has 1 N–H and O–H groups in total. The molecule has 7 heteroatoms. The van der Waals surface area contributed by atoms with Crippen LogP contribution in [-0.4, -0.2) is 36.9 Å². The molecule has 1 aromatic heterocycles. The summed E-state index contributed by atoms with van der Waals surface area (Å²) >= 11 is 1.29. The molecule has 1 amide bonds. The summed E-state index contributed by atoms with van der Waals surface area (Å²) in [5.74, 6) is -0.853. The largest absolute Gasteiger partial charge is 0.497 e.